The van der Waals surface area contributed by atoms with Gasteiger partial charge in [0.15, 0.2) is 0 Å². The minimum Gasteiger partial charge on any atom is -0.489 e. The fourth-order valence-corrected chi connectivity index (χ4v) is 2.34. The molecule has 4 nitrogen and oxygen atoms in total. The van der Waals surface area contributed by atoms with Crippen molar-refractivity contribution < 1.29 is 9.53 Å². The molecule has 0 aliphatic carbocycles. The Morgan fingerprint density at radius 3 is 2.52 bits per heavy atom. The van der Waals surface area contributed by atoms with Crippen molar-refractivity contribution in [1.82, 2.24) is 4.90 Å². The molecule has 2 N–H and O–H groups in total. The van der Waals surface area contributed by atoms with Crippen LogP contribution < -0.4 is 10.5 Å². The van der Waals surface area contributed by atoms with E-state index in [9.17, 15) is 4.79 Å². The number of nitrogens with zero attached hydrogens (tertiary/aromatic N) is 1. The number of hydrogen-bond donors (Lipinski definition) is 1. The Labute approximate surface area is 141 Å². The summed E-state index contributed by atoms with van der Waals surface area (Å²) in [5.74, 6) is 0.466. The number of ether oxygens (including phenoxy) is 1. The number of carbonyl (C=O) groups excluding carboxylic acids is 1. The van der Waals surface area contributed by atoms with E-state index in [1.807, 2.05) is 60.5 Å². The molecule has 1 amide bonds. The predicted molar refractivity (Wildman–Crippen MR) is 92.3 cm³/mol. The Morgan fingerprint density at radius 1 is 1.22 bits per heavy atom. The van der Waals surface area contributed by atoms with Crippen molar-refractivity contribution in [2.24, 2.45) is 5.73 Å². The van der Waals surface area contributed by atoms with Gasteiger partial charge in [0.2, 0.25) is 5.91 Å². The molecule has 0 saturated heterocycles. The monoisotopic (exact) mass is 332 g/mol. The van der Waals surface area contributed by atoms with Gasteiger partial charge in [0, 0.05) is 11.6 Å². The summed E-state index contributed by atoms with van der Waals surface area (Å²) in [5.41, 5.74) is 7.43. The minimum absolute atomic E-state index is 0.297. The zero-order chi connectivity index (χ0) is 16.8. The SMILES string of the molecule is C[C@@H](C(N)=O)N(C)Cc1ccc(OCc2cccc(Cl)c2)cc1. The molecule has 2 rings (SSSR count). The number of benzene rings is 2. The number of nitrogens with two attached hydrogens (primary N) is 1. The third-order valence-corrected chi connectivity index (χ3v) is 3.96. The summed E-state index contributed by atoms with van der Waals surface area (Å²) in [6.45, 7) is 2.92. The lowest BCUT2D eigenvalue weighted by atomic mass is 10.2. The van der Waals surface area contributed by atoms with Gasteiger partial charge in [0.25, 0.3) is 0 Å². The van der Waals surface area contributed by atoms with Gasteiger partial charge in [0.1, 0.15) is 12.4 Å². The molecule has 0 aliphatic rings. The van der Waals surface area contributed by atoms with Crippen molar-refractivity contribution in [3.05, 3.63) is 64.7 Å². The van der Waals surface area contributed by atoms with E-state index < -0.39 is 0 Å². The molecule has 23 heavy (non-hydrogen) atoms. The summed E-state index contributed by atoms with van der Waals surface area (Å²) in [4.78, 5) is 13.1. The van der Waals surface area contributed by atoms with E-state index in [1.165, 1.54) is 0 Å². The molecule has 0 aliphatic heterocycles. The van der Waals surface area contributed by atoms with Crippen LogP contribution in [0.4, 0.5) is 0 Å². The number of halogens is 1. The number of amides is 1. The summed E-state index contributed by atoms with van der Waals surface area (Å²) in [6, 6.07) is 15.1. The van der Waals surface area contributed by atoms with Crippen molar-refractivity contribution in [1.29, 1.82) is 0 Å². The van der Waals surface area contributed by atoms with Crippen LogP contribution in [0.1, 0.15) is 18.1 Å². The topological polar surface area (TPSA) is 55.6 Å². The van der Waals surface area contributed by atoms with E-state index >= 15 is 0 Å². The summed E-state index contributed by atoms with van der Waals surface area (Å²) in [7, 11) is 1.87. The van der Waals surface area contributed by atoms with Gasteiger partial charge >= 0.3 is 0 Å². The highest BCUT2D eigenvalue weighted by Gasteiger charge is 2.14. The van der Waals surface area contributed by atoms with E-state index in [1.54, 1.807) is 6.92 Å². The van der Waals surface area contributed by atoms with Crippen LogP contribution >= 0.6 is 11.6 Å². The van der Waals surface area contributed by atoms with Crippen LogP contribution in [0.3, 0.4) is 0 Å². The third kappa shape index (κ3) is 5.27. The highest BCUT2D eigenvalue weighted by Crippen LogP contribution is 2.17. The first kappa shape index (κ1) is 17.3. The van der Waals surface area contributed by atoms with Crippen LogP contribution in [0, 0.1) is 0 Å². The summed E-state index contributed by atoms with van der Waals surface area (Å²) in [6.07, 6.45) is 0. The van der Waals surface area contributed by atoms with Crippen LogP contribution in [0.25, 0.3) is 0 Å². The summed E-state index contributed by atoms with van der Waals surface area (Å²) < 4.78 is 5.75. The van der Waals surface area contributed by atoms with Crippen molar-refractivity contribution in [2.45, 2.75) is 26.1 Å². The molecule has 2 aromatic carbocycles. The molecule has 122 valence electrons. The van der Waals surface area contributed by atoms with Crippen molar-refractivity contribution in [3.8, 4) is 5.75 Å². The number of carbonyl (C=O) groups is 1. The van der Waals surface area contributed by atoms with Crippen LogP contribution in [0.2, 0.25) is 5.02 Å². The fourth-order valence-electron chi connectivity index (χ4n) is 2.13. The second-order valence-corrected chi connectivity index (χ2v) is 5.99. The van der Waals surface area contributed by atoms with Crippen LogP contribution in [-0.4, -0.2) is 23.9 Å². The molecule has 0 bridgehead atoms. The van der Waals surface area contributed by atoms with E-state index in [0.717, 1.165) is 16.9 Å². The van der Waals surface area contributed by atoms with Gasteiger partial charge in [-0.15, -0.1) is 0 Å². The second kappa shape index (κ2) is 7.99. The highest BCUT2D eigenvalue weighted by atomic mass is 35.5. The average molecular weight is 333 g/mol. The maximum atomic E-state index is 11.2. The van der Waals surface area contributed by atoms with Gasteiger partial charge in [-0.1, -0.05) is 35.9 Å². The van der Waals surface area contributed by atoms with Crippen molar-refractivity contribution in [3.63, 3.8) is 0 Å². The Hall–Kier alpha value is -2.04. The Kier molecular flexibility index (Phi) is 6.02. The molecule has 0 unspecified atom stereocenters. The Balaban J connectivity index is 1.90. The molecule has 0 aromatic heterocycles. The maximum absolute atomic E-state index is 11.2. The number of likely N-dealkylation sites (N-methyl/N-ethyl adjacent to an activating group) is 1. The molecule has 0 saturated carbocycles. The summed E-state index contributed by atoms with van der Waals surface area (Å²) >= 11 is 5.95. The van der Waals surface area contributed by atoms with Gasteiger partial charge in [-0.25, -0.2) is 0 Å². The minimum atomic E-state index is -0.325. The lowest BCUT2D eigenvalue weighted by Gasteiger charge is -2.21. The number of primary amides is 1. The first-order chi connectivity index (χ1) is 11.0. The van der Waals surface area contributed by atoms with Gasteiger partial charge in [-0.05, 0) is 49.4 Å². The van der Waals surface area contributed by atoms with Crippen molar-refractivity contribution >= 4 is 17.5 Å². The standard InChI is InChI=1S/C18H21ClN2O2/c1-13(18(20)22)21(2)11-14-6-8-17(9-7-14)23-12-15-4-3-5-16(19)10-15/h3-10,13H,11-12H2,1-2H3,(H2,20,22)/t13-/m0/s1. The van der Waals surface area contributed by atoms with Crippen LogP contribution in [-0.2, 0) is 17.9 Å². The van der Waals surface area contributed by atoms with Gasteiger partial charge in [-0.2, -0.15) is 0 Å². The van der Waals surface area contributed by atoms with E-state index in [2.05, 4.69) is 0 Å². The molecular weight excluding hydrogens is 312 g/mol. The normalized spacial score (nSPS) is 12.2. The lowest BCUT2D eigenvalue weighted by molar-refractivity contribution is -0.122. The molecule has 0 fully saturated rings. The zero-order valence-electron chi connectivity index (χ0n) is 13.3. The predicted octanol–water partition coefficient (Wildman–Crippen LogP) is 3.22. The molecule has 0 radical (unpaired) electrons. The maximum Gasteiger partial charge on any atom is 0.234 e. The molecular formula is C18H21ClN2O2. The molecule has 5 heteroatoms. The highest BCUT2D eigenvalue weighted by molar-refractivity contribution is 6.30. The summed E-state index contributed by atoms with van der Waals surface area (Å²) in [5, 5.41) is 0.702. The van der Waals surface area contributed by atoms with Crippen LogP contribution in [0.15, 0.2) is 48.5 Å². The van der Waals surface area contributed by atoms with Gasteiger partial charge in [0.05, 0.1) is 6.04 Å². The lowest BCUT2D eigenvalue weighted by Crippen LogP contribution is -2.39. The smallest absolute Gasteiger partial charge is 0.234 e. The molecule has 2 aromatic rings. The largest absolute Gasteiger partial charge is 0.489 e. The third-order valence-electron chi connectivity index (χ3n) is 3.72. The van der Waals surface area contributed by atoms with E-state index in [4.69, 9.17) is 22.1 Å². The Bertz CT molecular complexity index is 658. The average Bonchev–Trinajstić information content (AvgIpc) is 2.53. The molecule has 1 atom stereocenters. The van der Waals surface area contributed by atoms with E-state index in [-0.39, 0.29) is 11.9 Å². The van der Waals surface area contributed by atoms with Crippen molar-refractivity contribution in [2.75, 3.05) is 7.05 Å². The fraction of sp³-hybridized carbons (Fsp3) is 0.278. The Morgan fingerprint density at radius 2 is 1.91 bits per heavy atom. The van der Waals surface area contributed by atoms with E-state index in [0.29, 0.717) is 18.2 Å². The second-order valence-electron chi connectivity index (χ2n) is 5.56. The van der Waals surface area contributed by atoms with Gasteiger partial charge in [-0.3, -0.25) is 9.69 Å². The first-order valence-electron chi connectivity index (χ1n) is 7.41. The first-order valence-corrected chi connectivity index (χ1v) is 7.79. The molecule has 0 heterocycles. The number of rotatable bonds is 7. The van der Waals surface area contributed by atoms with Crippen LogP contribution in [0.5, 0.6) is 5.75 Å². The zero-order valence-corrected chi connectivity index (χ0v) is 14.1. The van der Waals surface area contributed by atoms with Gasteiger partial charge < -0.3 is 10.5 Å². The molecule has 0 spiro atoms. The number of hydrogen-bond acceptors (Lipinski definition) is 3. The quantitative estimate of drug-likeness (QED) is 0.847.